The first-order chi connectivity index (χ1) is 11.7. The molecule has 3 unspecified atom stereocenters. The molecule has 0 saturated carbocycles. The number of ketones is 1. The van der Waals surface area contributed by atoms with Crippen LogP contribution in [0.3, 0.4) is 0 Å². The first-order valence-corrected chi connectivity index (χ1v) is 9.73. The first-order valence-electron chi connectivity index (χ1n) is 8.44. The van der Waals surface area contributed by atoms with Gasteiger partial charge in [0.2, 0.25) is 0 Å². The van der Waals surface area contributed by atoms with E-state index < -0.39 is 0 Å². The van der Waals surface area contributed by atoms with Crippen LogP contribution in [-0.4, -0.2) is 47.4 Å². The lowest BCUT2D eigenvalue weighted by Crippen LogP contribution is -2.40. The lowest BCUT2D eigenvalue weighted by Gasteiger charge is -2.27. The molecule has 2 heterocycles. The molecule has 0 radical (unpaired) electrons. The van der Waals surface area contributed by atoms with E-state index in [-0.39, 0.29) is 29.0 Å². The van der Waals surface area contributed by atoms with Gasteiger partial charge in [0.25, 0.3) is 0 Å². The van der Waals surface area contributed by atoms with Gasteiger partial charge in [-0.25, -0.2) is 0 Å². The topological polar surface area (TPSA) is 46.6 Å². The molecule has 0 aliphatic carbocycles. The van der Waals surface area contributed by atoms with Crippen molar-refractivity contribution in [3.05, 3.63) is 47.7 Å². The van der Waals surface area contributed by atoms with Crippen molar-refractivity contribution in [2.75, 3.05) is 19.4 Å². The Hall–Kier alpha value is -1.75. The van der Waals surface area contributed by atoms with Gasteiger partial charge in [0, 0.05) is 17.8 Å². The standard InChI is InChI=1S/C19H23NO3S/c1-3-11-23-19(22)14-9-10-20-15(14)12-16(24-2)17(20)18(21)13-7-5-4-6-8-13/h4-8,12,14,16-17H,3,9-11H2,1-2H3. The molecule has 5 heteroatoms. The van der Waals surface area contributed by atoms with E-state index >= 15 is 0 Å². The second kappa shape index (κ2) is 7.43. The van der Waals surface area contributed by atoms with Crippen LogP contribution in [-0.2, 0) is 9.53 Å². The number of Topliss-reactive ketones (excluding diaryl/α,β-unsaturated/α-hetero) is 1. The number of hydrogen-bond acceptors (Lipinski definition) is 5. The maximum absolute atomic E-state index is 13.0. The molecular weight excluding hydrogens is 322 g/mol. The predicted octanol–water partition coefficient (Wildman–Crippen LogP) is 3.14. The molecule has 1 fully saturated rings. The number of hydrogen-bond donors (Lipinski definition) is 0. The zero-order valence-corrected chi connectivity index (χ0v) is 14.9. The molecule has 2 aliphatic rings. The number of ether oxygens (including phenoxy) is 1. The molecule has 1 aromatic carbocycles. The summed E-state index contributed by atoms with van der Waals surface area (Å²) < 4.78 is 5.33. The highest BCUT2D eigenvalue weighted by Gasteiger charge is 2.47. The molecule has 3 atom stereocenters. The van der Waals surface area contributed by atoms with Gasteiger partial charge in [0.15, 0.2) is 5.78 Å². The van der Waals surface area contributed by atoms with E-state index in [0.717, 1.165) is 30.6 Å². The van der Waals surface area contributed by atoms with E-state index in [4.69, 9.17) is 4.74 Å². The van der Waals surface area contributed by atoms with Crippen LogP contribution in [0.1, 0.15) is 30.1 Å². The Labute approximate surface area is 147 Å². The average molecular weight is 345 g/mol. The number of benzene rings is 1. The van der Waals surface area contributed by atoms with Crippen LogP contribution in [0.25, 0.3) is 0 Å². The molecule has 128 valence electrons. The fraction of sp³-hybridized carbons (Fsp3) is 0.474. The molecule has 1 aromatic rings. The first kappa shape index (κ1) is 17.1. The second-order valence-corrected chi connectivity index (χ2v) is 7.18. The predicted molar refractivity (Wildman–Crippen MR) is 96.0 cm³/mol. The Bertz CT molecular complexity index is 643. The molecule has 4 nitrogen and oxygen atoms in total. The highest BCUT2D eigenvalue weighted by Crippen LogP contribution is 2.41. The van der Waals surface area contributed by atoms with Crippen molar-refractivity contribution in [2.24, 2.45) is 5.92 Å². The number of nitrogens with zero attached hydrogens (tertiary/aromatic N) is 1. The highest BCUT2D eigenvalue weighted by atomic mass is 32.2. The monoisotopic (exact) mass is 345 g/mol. The number of carbonyl (C=O) groups is 2. The molecular formula is C19H23NO3S. The lowest BCUT2D eigenvalue weighted by atomic mass is 10.0. The van der Waals surface area contributed by atoms with Gasteiger partial charge in [-0.3, -0.25) is 9.59 Å². The fourth-order valence-corrected chi connectivity index (χ4v) is 4.30. The third-order valence-corrected chi connectivity index (χ3v) is 5.60. The summed E-state index contributed by atoms with van der Waals surface area (Å²) in [6.45, 7) is 3.18. The van der Waals surface area contributed by atoms with Crippen LogP contribution in [0.4, 0.5) is 0 Å². The minimum atomic E-state index is -0.222. The van der Waals surface area contributed by atoms with Gasteiger partial charge in [-0.05, 0) is 25.2 Å². The zero-order chi connectivity index (χ0) is 17.1. The van der Waals surface area contributed by atoms with Gasteiger partial charge in [-0.1, -0.05) is 37.3 Å². The van der Waals surface area contributed by atoms with Crippen LogP contribution in [0.5, 0.6) is 0 Å². The lowest BCUT2D eigenvalue weighted by molar-refractivity contribution is -0.147. The summed E-state index contributed by atoms with van der Waals surface area (Å²) in [7, 11) is 0. The molecule has 0 aromatic heterocycles. The summed E-state index contributed by atoms with van der Waals surface area (Å²) in [4.78, 5) is 27.4. The Balaban J connectivity index is 1.80. The largest absolute Gasteiger partial charge is 0.465 e. The molecule has 3 rings (SSSR count). The number of thioether (sulfide) groups is 1. The number of fused-ring (bicyclic) bond motifs is 1. The van der Waals surface area contributed by atoms with Crippen molar-refractivity contribution in [3.8, 4) is 0 Å². The molecule has 0 amide bonds. The number of esters is 1. The van der Waals surface area contributed by atoms with Crippen LogP contribution in [0.15, 0.2) is 42.1 Å². The fourth-order valence-electron chi connectivity index (χ4n) is 3.50. The summed E-state index contributed by atoms with van der Waals surface area (Å²) >= 11 is 1.66. The quantitative estimate of drug-likeness (QED) is 0.585. The van der Waals surface area contributed by atoms with E-state index in [1.807, 2.05) is 43.5 Å². The Morgan fingerprint density at radius 2 is 2.04 bits per heavy atom. The summed E-state index contributed by atoms with van der Waals surface area (Å²) in [5, 5.41) is 0.0782. The smallest absolute Gasteiger partial charge is 0.314 e. The zero-order valence-electron chi connectivity index (χ0n) is 14.1. The van der Waals surface area contributed by atoms with Gasteiger partial charge in [-0.15, -0.1) is 0 Å². The number of rotatable bonds is 6. The van der Waals surface area contributed by atoms with Gasteiger partial charge in [-0.2, -0.15) is 11.8 Å². The van der Waals surface area contributed by atoms with Gasteiger partial charge < -0.3 is 9.64 Å². The maximum Gasteiger partial charge on any atom is 0.314 e. The van der Waals surface area contributed by atoms with Crippen molar-refractivity contribution in [1.29, 1.82) is 0 Å². The highest BCUT2D eigenvalue weighted by molar-refractivity contribution is 7.99. The minimum Gasteiger partial charge on any atom is -0.465 e. The van der Waals surface area contributed by atoms with E-state index in [2.05, 4.69) is 11.0 Å². The minimum absolute atomic E-state index is 0.0782. The molecule has 24 heavy (non-hydrogen) atoms. The van der Waals surface area contributed by atoms with Crippen molar-refractivity contribution in [3.63, 3.8) is 0 Å². The van der Waals surface area contributed by atoms with Crippen LogP contribution in [0.2, 0.25) is 0 Å². The van der Waals surface area contributed by atoms with E-state index in [0.29, 0.717) is 6.61 Å². The van der Waals surface area contributed by atoms with Crippen LogP contribution in [0, 0.1) is 5.92 Å². The van der Waals surface area contributed by atoms with Crippen molar-refractivity contribution < 1.29 is 14.3 Å². The Morgan fingerprint density at radius 1 is 1.29 bits per heavy atom. The maximum atomic E-state index is 13.0. The summed E-state index contributed by atoms with van der Waals surface area (Å²) in [5.41, 5.74) is 1.71. The summed E-state index contributed by atoms with van der Waals surface area (Å²) in [6.07, 6.45) is 5.67. The van der Waals surface area contributed by atoms with E-state index in [1.54, 1.807) is 11.8 Å². The third kappa shape index (κ3) is 3.09. The van der Waals surface area contributed by atoms with Gasteiger partial charge in [0.05, 0.1) is 17.8 Å². The SMILES string of the molecule is CCCOC(=O)C1CCN2C1=CC(SC)C2C(=O)c1ccccc1. The van der Waals surface area contributed by atoms with Gasteiger partial charge in [0.1, 0.15) is 6.04 Å². The Kier molecular flexibility index (Phi) is 5.29. The van der Waals surface area contributed by atoms with Crippen LogP contribution >= 0.6 is 11.8 Å². The molecule has 0 N–H and O–H groups in total. The van der Waals surface area contributed by atoms with E-state index in [9.17, 15) is 9.59 Å². The molecule has 1 saturated heterocycles. The molecule has 0 bridgehead atoms. The summed E-state index contributed by atoms with van der Waals surface area (Å²) in [6, 6.07) is 9.19. The second-order valence-electron chi connectivity index (χ2n) is 6.17. The number of carbonyl (C=O) groups excluding carboxylic acids is 2. The van der Waals surface area contributed by atoms with Crippen molar-refractivity contribution in [2.45, 2.75) is 31.1 Å². The normalized spacial score (nSPS) is 25.3. The third-order valence-electron chi connectivity index (χ3n) is 4.66. The van der Waals surface area contributed by atoms with Crippen LogP contribution < -0.4 is 0 Å². The molecule has 2 aliphatic heterocycles. The van der Waals surface area contributed by atoms with E-state index in [1.165, 1.54) is 0 Å². The van der Waals surface area contributed by atoms with Crippen molar-refractivity contribution >= 4 is 23.5 Å². The van der Waals surface area contributed by atoms with Gasteiger partial charge >= 0.3 is 5.97 Å². The Morgan fingerprint density at radius 3 is 2.71 bits per heavy atom. The van der Waals surface area contributed by atoms with Crippen molar-refractivity contribution in [1.82, 2.24) is 4.90 Å². The summed E-state index contributed by atoms with van der Waals surface area (Å²) in [5.74, 6) is -0.248. The molecule has 0 spiro atoms. The average Bonchev–Trinajstić information content (AvgIpc) is 3.18.